The largest absolute Gasteiger partial charge is 0.489 e. The van der Waals surface area contributed by atoms with Gasteiger partial charge in [-0.25, -0.2) is 0 Å². The summed E-state index contributed by atoms with van der Waals surface area (Å²) in [6.07, 6.45) is 2.42. The van der Waals surface area contributed by atoms with Crippen LogP contribution in [0.2, 0.25) is 0 Å². The maximum atomic E-state index is 13.3. The van der Waals surface area contributed by atoms with Crippen LogP contribution < -0.4 is 9.64 Å². The highest BCUT2D eigenvalue weighted by Gasteiger charge is 2.37. The third kappa shape index (κ3) is 8.49. The van der Waals surface area contributed by atoms with Gasteiger partial charge in [0.2, 0.25) is 5.91 Å². The van der Waals surface area contributed by atoms with Crippen molar-refractivity contribution in [2.45, 2.75) is 44.6 Å². The molecule has 0 spiro atoms. The van der Waals surface area contributed by atoms with E-state index in [1.165, 1.54) is 12.2 Å². The van der Waals surface area contributed by atoms with Crippen molar-refractivity contribution in [1.29, 1.82) is 5.41 Å². The third-order valence-corrected chi connectivity index (χ3v) is 8.29. The van der Waals surface area contributed by atoms with Gasteiger partial charge in [0.1, 0.15) is 19.0 Å². The molecule has 2 fully saturated rings. The summed E-state index contributed by atoms with van der Waals surface area (Å²) >= 11 is 0. The van der Waals surface area contributed by atoms with Crippen LogP contribution in [0.4, 0.5) is 18.9 Å². The first-order valence-electron chi connectivity index (χ1n) is 15.0. The molecule has 3 aliphatic rings. The topological polar surface area (TPSA) is 78.2 Å². The number of carbonyl (C=O) groups is 1. The van der Waals surface area contributed by atoms with Gasteiger partial charge in [0.25, 0.3) is 0 Å². The summed E-state index contributed by atoms with van der Waals surface area (Å²) in [5.41, 5.74) is 1.30. The highest BCUT2D eigenvalue weighted by molar-refractivity contribution is 6.07. The zero-order valence-corrected chi connectivity index (χ0v) is 24.6. The summed E-state index contributed by atoms with van der Waals surface area (Å²) in [5.74, 6) is 2.91. The van der Waals surface area contributed by atoms with Crippen LogP contribution in [0.25, 0.3) is 0 Å². The molecule has 2 aliphatic carbocycles. The van der Waals surface area contributed by atoms with Crippen molar-refractivity contribution in [3.8, 4) is 5.75 Å². The highest BCUT2D eigenvalue weighted by Crippen LogP contribution is 2.33. The van der Waals surface area contributed by atoms with Gasteiger partial charge in [0, 0.05) is 44.0 Å². The number of halogens is 3. The molecule has 0 aromatic heterocycles. The number of amides is 1. The number of nitrogens with zero attached hydrogens (tertiary/aromatic N) is 3. The molecular weight excluding hydrogens is 569 g/mol. The van der Waals surface area contributed by atoms with E-state index in [1.54, 1.807) is 0 Å². The van der Waals surface area contributed by atoms with Gasteiger partial charge in [-0.15, -0.1) is 0 Å². The second-order valence-corrected chi connectivity index (χ2v) is 11.3. The summed E-state index contributed by atoms with van der Waals surface area (Å²) in [5, 5.41) is 7.09. The molecule has 44 heavy (non-hydrogen) atoms. The number of benzene rings is 2. The van der Waals surface area contributed by atoms with Crippen LogP contribution in [0.5, 0.6) is 5.75 Å². The van der Waals surface area contributed by atoms with E-state index in [0.29, 0.717) is 26.2 Å². The number of piperazine rings is 1. The van der Waals surface area contributed by atoms with Crippen LogP contribution in [0.3, 0.4) is 0 Å². The van der Waals surface area contributed by atoms with E-state index in [1.807, 2.05) is 53.2 Å². The number of hydrogen-bond donors (Lipinski definition) is 1. The van der Waals surface area contributed by atoms with E-state index in [4.69, 9.17) is 14.9 Å². The van der Waals surface area contributed by atoms with E-state index >= 15 is 0 Å². The van der Waals surface area contributed by atoms with Crippen molar-refractivity contribution in [2.24, 2.45) is 10.9 Å². The third-order valence-electron chi connectivity index (χ3n) is 8.29. The van der Waals surface area contributed by atoms with Crippen molar-refractivity contribution in [3.05, 3.63) is 89.5 Å². The predicted molar refractivity (Wildman–Crippen MR) is 165 cm³/mol. The first kappa shape index (κ1) is 31.3. The summed E-state index contributed by atoms with van der Waals surface area (Å²) in [6.45, 7) is 3.79. The molecule has 0 bridgehead atoms. The molecule has 1 saturated heterocycles. The average molecular weight is 607 g/mol. The monoisotopic (exact) mass is 606 g/mol. The number of ether oxygens (including phenoxy) is 2. The second-order valence-electron chi connectivity index (χ2n) is 11.3. The lowest BCUT2D eigenvalue weighted by atomic mass is 9.87. The molecular formula is C34H37F3N4O3. The van der Waals surface area contributed by atoms with Crippen molar-refractivity contribution in [3.63, 3.8) is 0 Å². The molecule has 2 aromatic carbocycles. The minimum absolute atomic E-state index is 0.00152. The van der Waals surface area contributed by atoms with Crippen LogP contribution in [-0.4, -0.2) is 74.0 Å². The Hall–Kier alpha value is -4.14. The Morgan fingerprint density at radius 1 is 0.955 bits per heavy atom. The van der Waals surface area contributed by atoms with Crippen molar-refractivity contribution in [2.75, 3.05) is 44.2 Å². The van der Waals surface area contributed by atoms with E-state index in [0.717, 1.165) is 61.8 Å². The zero-order valence-electron chi connectivity index (χ0n) is 24.6. The molecule has 7 nitrogen and oxygen atoms in total. The molecule has 0 atom stereocenters. The second kappa shape index (κ2) is 14.6. The lowest BCUT2D eigenvalue weighted by Crippen LogP contribution is -2.50. The summed E-state index contributed by atoms with van der Waals surface area (Å²) in [7, 11) is 0. The maximum absolute atomic E-state index is 13.3. The Morgan fingerprint density at radius 3 is 2.32 bits per heavy atom. The summed E-state index contributed by atoms with van der Waals surface area (Å²) in [6, 6.07) is 18.1. The summed E-state index contributed by atoms with van der Waals surface area (Å²) in [4.78, 5) is 21.4. The van der Waals surface area contributed by atoms with Crippen molar-refractivity contribution < 1.29 is 27.4 Å². The number of rotatable bonds is 9. The smallest absolute Gasteiger partial charge is 0.417 e. The number of anilines is 1. The van der Waals surface area contributed by atoms with Gasteiger partial charge in [-0.1, -0.05) is 30.3 Å². The fourth-order valence-electron chi connectivity index (χ4n) is 5.68. The first-order chi connectivity index (χ1) is 21.3. The minimum atomic E-state index is -4.56. The number of allylic oxidation sites excluding steroid dienone is 5. The van der Waals surface area contributed by atoms with E-state index < -0.39 is 11.7 Å². The van der Waals surface area contributed by atoms with Crippen LogP contribution in [0, 0.1) is 11.3 Å². The number of carbonyl (C=O) groups excluding carboxylic acids is 1. The first-order valence-corrected chi connectivity index (χ1v) is 15.0. The highest BCUT2D eigenvalue weighted by atomic mass is 19.4. The van der Waals surface area contributed by atoms with E-state index in [-0.39, 0.29) is 35.8 Å². The molecule has 2 aromatic rings. The normalized spacial score (nSPS) is 21.7. The summed E-state index contributed by atoms with van der Waals surface area (Å²) < 4.78 is 51.6. The quantitative estimate of drug-likeness (QED) is 0.347. The van der Waals surface area contributed by atoms with E-state index in [9.17, 15) is 18.0 Å². The number of alkyl halides is 3. The van der Waals surface area contributed by atoms with Gasteiger partial charge >= 0.3 is 6.18 Å². The SMILES string of the molecule is N=C=C1C=CC(=NCC2CCC(OCC(=O)N3CCN(c4ccc(OCc5ccccc5)cc4)CC3)CC2)C=C1C(F)(F)F. The van der Waals surface area contributed by atoms with Crippen LogP contribution in [0.15, 0.2) is 89.0 Å². The molecule has 1 aliphatic heterocycles. The Labute approximate surface area is 255 Å². The molecule has 1 N–H and O–H groups in total. The molecule has 10 heteroatoms. The van der Waals surface area contributed by atoms with Crippen molar-refractivity contribution in [1.82, 2.24) is 4.90 Å². The van der Waals surface area contributed by atoms with Crippen molar-refractivity contribution >= 4 is 23.2 Å². The lowest BCUT2D eigenvalue weighted by molar-refractivity contribution is -0.139. The molecule has 1 heterocycles. The minimum Gasteiger partial charge on any atom is -0.489 e. The van der Waals surface area contributed by atoms with Gasteiger partial charge in [-0.3, -0.25) is 15.2 Å². The molecule has 5 rings (SSSR count). The van der Waals surface area contributed by atoms with Gasteiger partial charge in [0.15, 0.2) is 0 Å². The Bertz CT molecular complexity index is 1410. The fraction of sp³-hybridized carbons (Fsp3) is 0.412. The molecule has 1 amide bonds. The Balaban J connectivity index is 0.994. The fourth-order valence-corrected chi connectivity index (χ4v) is 5.68. The lowest BCUT2D eigenvalue weighted by Gasteiger charge is -2.36. The van der Waals surface area contributed by atoms with Gasteiger partial charge in [0.05, 0.1) is 17.4 Å². The zero-order chi connectivity index (χ0) is 30.9. The molecule has 0 radical (unpaired) electrons. The Morgan fingerprint density at radius 2 is 1.66 bits per heavy atom. The van der Waals surface area contributed by atoms with Gasteiger partial charge in [-0.05, 0) is 85.5 Å². The van der Waals surface area contributed by atoms with Gasteiger partial charge < -0.3 is 19.3 Å². The molecule has 0 unspecified atom stereocenters. The number of nitrogens with one attached hydrogen (secondary N) is 1. The average Bonchev–Trinajstić information content (AvgIpc) is 3.06. The number of hydrogen-bond acceptors (Lipinski definition) is 6. The van der Waals surface area contributed by atoms with Crippen LogP contribution in [-0.2, 0) is 16.1 Å². The van der Waals surface area contributed by atoms with E-state index in [2.05, 4.69) is 22.0 Å². The Kier molecular flexibility index (Phi) is 10.4. The van der Waals surface area contributed by atoms with Crippen LogP contribution >= 0.6 is 0 Å². The standard InChI is InChI=1S/C34H37F3N4O3/c35-34(36,37)32-20-28(9-8-27(32)21-38)39-22-25-6-12-30(13-7-25)44-24-33(42)41-18-16-40(17-19-41)29-10-14-31(15-11-29)43-23-26-4-2-1-3-5-26/h1-5,8-11,14-15,20,25,30,38H,6-7,12-13,16-19,22-24H2. The number of aliphatic imine (C=N–C) groups is 1. The van der Waals surface area contributed by atoms with Crippen LogP contribution in [0.1, 0.15) is 31.2 Å². The molecule has 232 valence electrons. The van der Waals surface area contributed by atoms with Gasteiger partial charge in [-0.2, -0.15) is 13.2 Å². The maximum Gasteiger partial charge on any atom is 0.417 e. The molecule has 1 saturated carbocycles. The predicted octanol–water partition coefficient (Wildman–Crippen LogP) is 6.16.